The smallest absolute Gasteiger partial charge is 0.198 e. The van der Waals surface area contributed by atoms with Crippen LogP contribution in [0.3, 0.4) is 0 Å². The molecule has 0 amide bonds. The fraction of sp³-hybridized carbons (Fsp3) is 0.0526. The van der Waals surface area contributed by atoms with Gasteiger partial charge in [-0.15, -0.1) is 0 Å². The van der Waals surface area contributed by atoms with E-state index < -0.39 is 0 Å². The average molecular weight is 457 g/mol. The molecule has 6 rings (SSSR count). The lowest BCUT2D eigenvalue weighted by atomic mass is 10.2. The standard InChI is InChI=1S/C19H10Cl2N6S2/c1-7-2-3-10-12(4-7)28-18-24-17-14(15(22)26(10)18)16(23)27-11-5-8(20)9(21)6-13(11)29-19(27)25-17/h2-6,22-23H,1H3. The summed E-state index contributed by atoms with van der Waals surface area (Å²) in [5, 5.41) is 19.0. The number of nitrogens with zero attached hydrogens (tertiary/aromatic N) is 4. The first-order valence-corrected chi connectivity index (χ1v) is 11.0. The van der Waals surface area contributed by atoms with Gasteiger partial charge < -0.3 is 0 Å². The topological polar surface area (TPSA) is 82.3 Å². The van der Waals surface area contributed by atoms with Crippen molar-refractivity contribution in [1.29, 1.82) is 10.8 Å². The molecule has 0 saturated carbocycles. The molecule has 0 unspecified atom stereocenters. The Morgan fingerprint density at radius 2 is 1.41 bits per heavy atom. The molecule has 4 heterocycles. The summed E-state index contributed by atoms with van der Waals surface area (Å²) in [6.07, 6.45) is 0. The predicted octanol–water partition coefficient (Wildman–Crippen LogP) is 5.14. The highest BCUT2D eigenvalue weighted by molar-refractivity contribution is 7.24. The number of aryl methyl sites for hydroxylation is 1. The van der Waals surface area contributed by atoms with E-state index in [0.717, 1.165) is 26.0 Å². The van der Waals surface area contributed by atoms with Gasteiger partial charge in [-0.2, -0.15) is 9.97 Å². The first kappa shape index (κ1) is 17.3. The van der Waals surface area contributed by atoms with Crippen LogP contribution in [0.5, 0.6) is 0 Å². The molecule has 0 aliphatic heterocycles. The minimum Gasteiger partial charge on any atom is -0.283 e. The van der Waals surface area contributed by atoms with Gasteiger partial charge in [-0.05, 0) is 36.8 Å². The Morgan fingerprint density at radius 3 is 2.10 bits per heavy atom. The maximum absolute atomic E-state index is 8.85. The van der Waals surface area contributed by atoms with Gasteiger partial charge >= 0.3 is 0 Å². The van der Waals surface area contributed by atoms with Crippen molar-refractivity contribution in [2.75, 3.05) is 0 Å². The second-order valence-electron chi connectivity index (χ2n) is 6.76. The van der Waals surface area contributed by atoms with Crippen LogP contribution in [0.2, 0.25) is 10.0 Å². The summed E-state index contributed by atoms with van der Waals surface area (Å²) in [7, 11) is 0. The predicted molar refractivity (Wildman–Crippen MR) is 119 cm³/mol. The number of fused-ring (bicyclic) bond motifs is 7. The third kappa shape index (κ3) is 2.28. The van der Waals surface area contributed by atoms with Crippen molar-refractivity contribution in [3.8, 4) is 0 Å². The maximum Gasteiger partial charge on any atom is 0.198 e. The highest BCUT2D eigenvalue weighted by atomic mass is 35.5. The Kier molecular flexibility index (Phi) is 3.45. The van der Waals surface area contributed by atoms with Crippen molar-refractivity contribution in [1.82, 2.24) is 18.8 Å². The van der Waals surface area contributed by atoms with Gasteiger partial charge in [0.15, 0.2) is 15.6 Å². The number of benzene rings is 2. The van der Waals surface area contributed by atoms with E-state index in [1.807, 2.05) is 19.1 Å². The molecule has 29 heavy (non-hydrogen) atoms. The van der Waals surface area contributed by atoms with E-state index >= 15 is 0 Å². The summed E-state index contributed by atoms with van der Waals surface area (Å²) in [4.78, 5) is 10.7. The fourth-order valence-electron chi connectivity index (χ4n) is 3.60. The van der Waals surface area contributed by atoms with E-state index in [1.54, 1.807) is 20.9 Å². The van der Waals surface area contributed by atoms with E-state index in [1.165, 1.54) is 22.7 Å². The van der Waals surface area contributed by atoms with E-state index in [2.05, 4.69) is 11.1 Å². The van der Waals surface area contributed by atoms with Crippen molar-refractivity contribution in [3.05, 3.63) is 56.9 Å². The molecule has 0 radical (unpaired) electrons. The summed E-state index contributed by atoms with van der Waals surface area (Å²) in [5.74, 6) is 0. The molecular formula is C19H10Cl2N6S2. The number of hydrogen-bond acceptors (Lipinski definition) is 6. The monoisotopic (exact) mass is 456 g/mol. The van der Waals surface area contributed by atoms with Gasteiger partial charge in [0.2, 0.25) is 0 Å². The quantitative estimate of drug-likeness (QED) is 0.331. The highest BCUT2D eigenvalue weighted by Gasteiger charge is 2.17. The Labute approximate surface area is 180 Å². The number of nitrogens with one attached hydrogen (secondary N) is 2. The normalized spacial score (nSPS) is 12.2. The van der Waals surface area contributed by atoms with Crippen LogP contribution in [0.15, 0.2) is 30.3 Å². The van der Waals surface area contributed by atoms with Gasteiger partial charge in [-0.3, -0.25) is 19.6 Å². The summed E-state index contributed by atoms with van der Waals surface area (Å²) in [5.41, 5.74) is 3.56. The van der Waals surface area contributed by atoms with Gasteiger partial charge in [0, 0.05) is 0 Å². The van der Waals surface area contributed by atoms with E-state index in [0.29, 0.717) is 31.0 Å². The van der Waals surface area contributed by atoms with Crippen LogP contribution in [0.1, 0.15) is 5.56 Å². The van der Waals surface area contributed by atoms with E-state index in [4.69, 9.17) is 39.0 Å². The maximum atomic E-state index is 8.85. The lowest BCUT2D eigenvalue weighted by molar-refractivity contribution is 0.995. The molecule has 142 valence electrons. The zero-order valence-electron chi connectivity index (χ0n) is 14.7. The molecular weight excluding hydrogens is 447 g/mol. The van der Waals surface area contributed by atoms with Crippen LogP contribution in [-0.4, -0.2) is 18.8 Å². The van der Waals surface area contributed by atoms with Crippen LogP contribution in [0, 0.1) is 17.7 Å². The van der Waals surface area contributed by atoms with Gasteiger partial charge in [-0.25, -0.2) is 0 Å². The van der Waals surface area contributed by atoms with Crippen molar-refractivity contribution >= 4 is 87.3 Å². The SMILES string of the molecule is Cc1ccc2c(c1)sc1nc3nc4sc5cc(Cl)c(Cl)cc5n4c(=N)c3c(=N)n12. The molecule has 10 heteroatoms. The molecule has 2 aromatic carbocycles. The first-order chi connectivity index (χ1) is 13.9. The Morgan fingerprint density at radius 1 is 0.828 bits per heavy atom. The summed E-state index contributed by atoms with van der Waals surface area (Å²) in [6.45, 7) is 2.04. The molecule has 0 atom stereocenters. The van der Waals surface area contributed by atoms with Crippen molar-refractivity contribution in [2.24, 2.45) is 0 Å². The third-order valence-electron chi connectivity index (χ3n) is 4.93. The second-order valence-corrected chi connectivity index (χ2v) is 9.60. The van der Waals surface area contributed by atoms with Crippen LogP contribution in [-0.2, 0) is 0 Å². The Bertz CT molecular complexity index is 1790. The van der Waals surface area contributed by atoms with Crippen LogP contribution >= 0.6 is 45.9 Å². The zero-order valence-corrected chi connectivity index (χ0v) is 17.9. The van der Waals surface area contributed by atoms with Gasteiger partial charge in [0.05, 0.1) is 30.5 Å². The number of halogens is 2. The molecule has 2 N–H and O–H groups in total. The number of thiazole rings is 2. The lowest BCUT2D eigenvalue weighted by Gasteiger charge is -2.04. The molecule has 0 bridgehead atoms. The Balaban J connectivity index is 1.86. The molecule has 0 spiro atoms. The summed E-state index contributed by atoms with van der Waals surface area (Å²) < 4.78 is 5.41. The zero-order chi connectivity index (χ0) is 20.0. The number of rotatable bonds is 0. The van der Waals surface area contributed by atoms with Gasteiger partial charge in [-0.1, -0.05) is 51.9 Å². The number of aromatic nitrogens is 4. The third-order valence-corrected chi connectivity index (χ3v) is 7.66. The molecule has 0 saturated heterocycles. The molecule has 0 fully saturated rings. The molecule has 0 aliphatic carbocycles. The minimum absolute atomic E-state index is 0.160. The fourth-order valence-corrected chi connectivity index (χ4v) is 6.15. The highest BCUT2D eigenvalue weighted by Crippen LogP contribution is 2.32. The van der Waals surface area contributed by atoms with Gasteiger partial charge in [0.1, 0.15) is 16.4 Å². The van der Waals surface area contributed by atoms with Gasteiger partial charge in [0.25, 0.3) is 0 Å². The average Bonchev–Trinajstić information content (AvgIpc) is 3.19. The summed E-state index contributed by atoms with van der Waals surface area (Å²) >= 11 is 15.3. The largest absolute Gasteiger partial charge is 0.283 e. The van der Waals surface area contributed by atoms with Crippen molar-refractivity contribution in [2.45, 2.75) is 6.92 Å². The van der Waals surface area contributed by atoms with Crippen LogP contribution < -0.4 is 11.0 Å². The lowest BCUT2D eigenvalue weighted by Crippen LogP contribution is -2.25. The molecule has 6 aromatic rings. The minimum atomic E-state index is 0.160. The molecule has 4 aromatic heterocycles. The van der Waals surface area contributed by atoms with E-state index in [-0.39, 0.29) is 11.0 Å². The molecule has 6 nitrogen and oxygen atoms in total. The Hall–Kier alpha value is -2.52. The summed E-state index contributed by atoms with van der Waals surface area (Å²) in [6, 6.07) is 9.60. The van der Waals surface area contributed by atoms with Crippen LogP contribution in [0.25, 0.3) is 41.4 Å². The second kappa shape index (κ2) is 5.76. The van der Waals surface area contributed by atoms with Crippen molar-refractivity contribution < 1.29 is 0 Å². The van der Waals surface area contributed by atoms with E-state index in [9.17, 15) is 0 Å². The number of hydrogen-bond donors (Lipinski definition) is 2. The first-order valence-electron chi connectivity index (χ1n) is 8.57. The van der Waals surface area contributed by atoms with Crippen LogP contribution in [0.4, 0.5) is 0 Å². The van der Waals surface area contributed by atoms with Crippen molar-refractivity contribution in [3.63, 3.8) is 0 Å². The molecule has 0 aliphatic rings.